The van der Waals surface area contributed by atoms with Gasteiger partial charge in [0.25, 0.3) is 11.8 Å². The van der Waals surface area contributed by atoms with E-state index in [-0.39, 0.29) is 17.6 Å². The second-order valence-electron chi connectivity index (χ2n) is 5.55. The zero-order chi connectivity index (χ0) is 17.6. The van der Waals surface area contributed by atoms with Crippen molar-refractivity contribution in [1.82, 2.24) is 5.32 Å². The van der Waals surface area contributed by atoms with Crippen LogP contribution in [0.2, 0.25) is 0 Å². The number of carbonyl (C=O) groups is 2. The lowest BCUT2D eigenvalue weighted by Gasteiger charge is -2.10. The Morgan fingerprint density at radius 3 is 2.72 bits per heavy atom. The molecule has 1 aromatic carbocycles. The van der Waals surface area contributed by atoms with E-state index in [2.05, 4.69) is 10.6 Å². The van der Waals surface area contributed by atoms with Crippen LogP contribution in [0.25, 0.3) is 0 Å². The minimum absolute atomic E-state index is 0.162. The number of aryl methyl sites for hydroxylation is 1. The van der Waals surface area contributed by atoms with Gasteiger partial charge in [-0.1, -0.05) is 12.1 Å². The Labute approximate surface area is 149 Å². The first-order valence-corrected chi connectivity index (χ1v) is 8.77. The van der Waals surface area contributed by atoms with Crippen molar-refractivity contribution in [3.8, 4) is 0 Å². The highest BCUT2D eigenvalue weighted by Gasteiger charge is 2.13. The number of hydrogen-bond acceptors (Lipinski definition) is 4. The van der Waals surface area contributed by atoms with Crippen LogP contribution < -0.4 is 10.6 Å². The van der Waals surface area contributed by atoms with Crippen LogP contribution in [-0.4, -0.2) is 18.4 Å². The predicted octanol–water partition coefficient (Wildman–Crippen LogP) is 3.87. The molecule has 3 rings (SSSR count). The van der Waals surface area contributed by atoms with Crippen LogP contribution in [0, 0.1) is 6.92 Å². The molecule has 0 spiro atoms. The maximum Gasteiger partial charge on any atom is 0.291 e. The fourth-order valence-electron chi connectivity index (χ4n) is 2.35. The predicted molar refractivity (Wildman–Crippen MR) is 98.2 cm³/mol. The normalized spacial score (nSPS) is 10.4. The highest BCUT2D eigenvalue weighted by Crippen LogP contribution is 2.18. The molecule has 0 atom stereocenters. The minimum atomic E-state index is -0.344. The largest absolute Gasteiger partial charge is 0.459 e. The molecule has 0 radical (unpaired) electrons. The van der Waals surface area contributed by atoms with Crippen LogP contribution >= 0.6 is 11.3 Å². The van der Waals surface area contributed by atoms with Gasteiger partial charge in [0, 0.05) is 22.7 Å². The van der Waals surface area contributed by atoms with Gasteiger partial charge in [0.1, 0.15) is 0 Å². The van der Waals surface area contributed by atoms with Gasteiger partial charge in [-0.3, -0.25) is 9.59 Å². The second kappa shape index (κ2) is 7.81. The maximum absolute atomic E-state index is 12.3. The molecule has 0 saturated heterocycles. The molecular formula is C19H18N2O3S. The molecule has 25 heavy (non-hydrogen) atoms. The highest BCUT2D eigenvalue weighted by atomic mass is 32.1. The van der Waals surface area contributed by atoms with Crippen molar-refractivity contribution in [2.75, 3.05) is 11.9 Å². The summed E-state index contributed by atoms with van der Waals surface area (Å²) in [6.07, 6.45) is 2.25. The number of benzene rings is 1. The summed E-state index contributed by atoms with van der Waals surface area (Å²) in [6, 6.07) is 12.5. The summed E-state index contributed by atoms with van der Waals surface area (Å²) in [5.41, 5.74) is 1.97. The Morgan fingerprint density at radius 1 is 1.12 bits per heavy atom. The summed E-state index contributed by atoms with van der Waals surface area (Å²) in [5.74, 6) is -0.279. The third-order valence-electron chi connectivity index (χ3n) is 3.73. The molecule has 5 nitrogen and oxygen atoms in total. The van der Waals surface area contributed by atoms with Crippen molar-refractivity contribution < 1.29 is 14.0 Å². The van der Waals surface area contributed by atoms with Gasteiger partial charge >= 0.3 is 0 Å². The summed E-state index contributed by atoms with van der Waals surface area (Å²) in [4.78, 5) is 25.7. The molecule has 0 fully saturated rings. The number of anilines is 1. The highest BCUT2D eigenvalue weighted by molar-refractivity contribution is 7.09. The third-order valence-corrected chi connectivity index (χ3v) is 4.67. The average Bonchev–Trinajstić information content (AvgIpc) is 3.30. The SMILES string of the molecule is Cc1ccc(C(=O)NCCc2cccs2)cc1NC(=O)c1ccco1. The van der Waals surface area contributed by atoms with Crippen LogP contribution in [-0.2, 0) is 6.42 Å². The molecule has 0 aliphatic carbocycles. The molecule has 128 valence electrons. The summed E-state index contributed by atoms with van der Waals surface area (Å²) >= 11 is 1.67. The zero-order valence-electron chi connectivity index (χ0n) is 13.7. The van der Waals surface area contributed by atoms with Gasteiger partial charge in [-0.25, -0.2) is 0 Å². The van der Waals surface area contributed by atoms with Gasteiger partial charge in [0.2, 0.25) is 0 Å². The van der Waals surface area contributed by atoms with Crippen LogP contribution in [0.15, 0.2) is 58.5 Å². The number of amides is 2. The van der Waals surface area contributed by atoms with Gasteiger partial charge in [-0.15, -0.1) is 11.3 Å². The van der Waals surface area contributed by atoms with Crippen molar-refractivity contribution in [3.05, 3.63) is 75.9 Å². The van der Waals surface area contributed by atoms with Crippen molar-refractivity contribution >= 4 is 28.8 Å². The van der Waals surface area contributed by atoms with Crippen LogP contribution in [0.5, 0.6) is 0 Å². The summed E-state index contributed by atoms with van der Waals surface area (Å²) in [7, 11) is 0. The Balaban J connectivity index is 1.63. The van der Waals surface area contributed by atoms with Gasteiger partial charge in [-0.05, 0) is 54.6 Å². The van der Waals surface area contributed by atoms with Gasteiger partial charge in [0.05, 0.1) is 6.26 Å². The Hall–Kier alpha value is -2.86. The molecule has 0 aliphatic rings. The number of rotatable bonds is 6. The third kappa shape index (κ3) is 4.36. The lowest BCUT2D eigenvalue weighted by atomic mass is 10.1. The van der Waals surface area contributed by atoms with Crippen molar-refractivity contribution in [3.63, 3.8) is 0 Å². The van der Waals surface area contributed by atoms with Crippen molar-refractivity contribution in [2.45, 2.75) is 13.3 Å². The fraction of sp³-hybridized carbons (Fsp3) is 0.158. The van der Waals surface area contributed by atoms with Gasteiger partial charge in [-0.2, -0.15) is 0 Å². The molecule has 0 unspecified atom stereocenters. The van der Waals surface area contributed by atoms with E-state index in [1.165, 1.54) is 11.1 Å². The Morgan fingerprint density at radius 2 is 2.00 bits per heavy atom. The molecule has 2 heterocycles. The zero-order valence-corrected chi connectivity index (χ0v) is 14.6. The van der Waals surface area contributed by atoms with E-state index in [1.54, 1.807) is 35.6 Å². The number of furan rings is 1. The number of thiophene rings is 1. The van der Waals surface area contributed by atoms with Gasteiger partial charge < -0.3 is 15.1 Å². The van der Waals surface area contributed by atoms with E-state index in [9.17, 15) is 9.59 Å². The lowest BCUT2D eigenvalue weighted by Crippen LogP contribution is -2.25. The Bertz CT molecular complexity index is 855. The first kappa shape index (κ1) is 17.0. The summed E-state index contributed by atoms with van der Waals surface area (Å²) < 4.78 is 5.08. The van der Waals surface area contributed by atoms with E-state index in [0.29, 0.717) is 17.8 Å². The average molecular weight is 354 g/mol. The van der Waals surface area contributed by atoms with E-state index in [4.69, 9.17) is 4.42 Å². The molecule has 2 aromatic heterocycles. The molecule has 0 aliphatic heterocycles. The maximum atomic E-state index is 12.3. The first-order chi connectivity index (χ1) is 12.1. The lowest BCUT2D eigenvalue weighted by molar-refractivity contribution is 0.0952. The first-order valence-electron chi connectivity index (χ1n) is 7.89. The summed E-state index contributed by atoms with van der Waals surface area (Å²) in [5, 5.41) is 7.70. The molecule has 0 bridgehead atoms. The van der Waals surface area contributed by atoms with Crippen LogP contribution in [0.1, 0.15) is 31.4 Å². The molecule has 3 aromatic rings. The molecular weight excluding hydrogens is 336 g/mol. The quantitative estimate of drug-likeness (QED) is 0.706. The van der Waals surface area contributed by atoms with E-state index >= 15 is 0 Å². The van der Waals surface area contributed by atoms with Crippen molar-refractivity contribution in [1.29, 1.82) is 0 Å². The smallest absolute Gasteiger partial charge is 0.291 e. The van der Waals surface area contributed by atoms with E-state index in [0.717, 1.165) is 12.0 Å². The van der Waals surface area contributed by atoms with Crippen LogP contribution in [0.3, 0.4) is 0 Å². The molecule has 6 heteroatoms. The number of nitrogens with one attached hydrogen (secondary N) is 2. The fourth-order valence-corrected chi connectivity index (χ4v) is 3.05. The second-order valence-corrected chi connectivity index (χ2v) is 6.58. The van der Waals surface area contributed by atoms with Gasteiger partial charge in [0.15, 0.2) is 5.76 Å². The minimum Gasteiger partial charge on any atom is -0.459 e. The number of carbonyl (C=O) groups excluding carboxylic acids is 2. The van der Waals surface area contributed by atoms with E-state index < -0.39 is 0 Å². The van der Waals surface area contributed by atoms with E-state index in [1.807, 2.05) is 30.5 Å². The van der Waals surface area contributed by atoms with Crippen molar-refractivity contribution in [2.24, 2.45) is 0 Å². The summed E-state index contributed by atoms with van der Waals surface area (Å²) in [6.45, 7) is 2.44. The standard InChI is InChI=1S/C19H18N2O3S/c1-13-6-7-14(18(22)20-9-8-15-4-3-11-25-15)12-16(13)21-19(23)17-5-2-10-24-17/h2-7,10-12H,8-9H2,1H3,(H,20,22)(H,21,23). The van der Waals surface area contributed by atoms with Crippen LogP contribution in [0.4, 0.5) is 5.69 Å². The number of hydrogen-bond donors (Lipinski definition) is 2. The molecule has 2 N–H and O–H groups in total. The molecule has 0 saturated carbocycles. The Kier molecular flexibility index (Phi) is 5.30. The topological polar surface area (TPSA) is 71.3 Å². The molecule has 2 amide bonds. The monoisotopic (exact) mass is 354 g/mol.